The van der Waals surface area contributed by atoms with Gasteiger partial charge in [-0.1, -0.05) is 6.92 Å². The lowest BCUT2D eigenvalue weighted by Crippen LogP contribution is -2.48. The van der Waals surface area contributed by atoms with Crippen molar-refractivity contribution in [1.82, 2.24) is 14.5 Å². The normalized spacial score (nSPS) is 29.4. The first-order chi connectivity index (χ1) is 13.7. The van der Waals surface area contributed by atoms with Gasteiger partial charge in [-0.15, -0.1) is 0 Å². The standard InChI is InChI=1S/C20H23F3N4O2/c1-19-7-8-29-16(19)11(10-19)9-15(28)26-18-24-13-5-6-14(20(21,22)23)25-17(13)27(18)12-3-2-4-12/h5-6,11-12,16H,2-4,7-10H2,1H3,(H,24,26,28)/t11?,16-,19?/m1/s1. The number of anilines is 1. The molecule has 1 aliphatic heterocycles. The summed E-state index contributed by atoms with van der Waals surface area (Å²) in [4.78, 5) is 20.9. The van der Waals surface area contributed by atoms with Crippen molar-refractivity contribution in [3.63, 3.8) is 0 Å². The van der Waals surface area contributed by atoms with Gasteiger partial charge >= 0.3 is 6.18 Å². The van der Waals surface area contributed by atoms with Crippen LogP contribution in [0.2, 0.25) is 0 Å². The first-order valence-corrected chi connectivity index (χ1v) is 10.1. The summed E-state index contributed by atoms with van der Waals surface area (Å²) < 4.78 is 46.8. The van der Waals surface area contributed by atoms with E-state index in [1.165, 1.54) is 6.07 Å². The number of imidazole rings is 1. The summed E-state index contributed by atoms with van der Waals surface area (Å²) in [5.74, 6) is 0.286. The Morgan fingerprint density at radius 3 is 2.79 bits per heavy atom. The van der Waals surface area contributed by atoms with Gasteiger partial charge in [0.15, 0.2) is 5.65 Å². The Bertz CT molecular complexity index is 969. The number of pyridine rings is 1. The average Bonchev–Trinajstić information content (AvgIpc) is 3.08. The van der Waals surface area contributed by atoms with E-state index in [2.05, 4.69) is 22.2 Å². The Morgan fingerprint density at radius 1 is 1.34 bits per heavy atom. The van der Waals surface area contributed by atoms with Crippen molar-refractivity contribution in [3.05, 3.63) is 17.8 Å². The largest absolute Gasteiger partial charge is 0.433 e. The van der Waals surface area contributed by atoms with E-state index in [0.717, 1.165) is 44.8 Å². The molecule has 2 aromatic heterocycles. The number of fused-ring (bicyclic) bond motifs is 2. The van der Waals surface area contributed by atoms with E-state index >= 15 is 0 Å². The summed E-state index contributed by atoms with van der Waals surface area (Å²) >= 11 is 0. The first-order valence-electron chi connectivity index (χ1n) is 10.1. The third kappa shape index (κ3) is 3.10. The molecule has 2 aliphatic carbocycles. The van der Waals surface area contributed by atoms with Crippen molar-refractivity contribution >= 4 is 23.0 Å². The fourth-order valence-corrected chi connectivity index (χ4v) is 5.04. The molecule has 2 aromatic rings. The van der Waals surface area contributed by atoms with Gasteiger partial charge in [0.2, 0.25) is 11.9 Å². The number of carbonyl (C=O) groups excluding carboxylic acids is 1. The van der Waals surface area contributed by atoms with Crippen LogP contribution in [0, 0.1) is 11.3 Å². The van der Waals surface area contributed by atoms with Crippen LogP contribution in [0.25, 0.3) is 11.2 Å². The molecule has 0 bridgehead atoms. The summed E-state index contributed by atoms with van der Waals surface area (Å²) in [7, 11) is 0. The highest BCUT2D eigenvalue weighted by atomic mass is 19.4. The summed E-state index contributed by atoms with van der Waals surface area (Å²) in [5.41, 5.74) is -0.233. The fraction of sp³-hybridized carbons (Fsp3) is 0.650. The number of hydrogen-bond donors (Lipinski definition) is 1. The van der Waals surface area contributed by atoms with Crippen LogP contribution >= 0.6 is 0 Å². The van der Waals surface area contributed by atoms with Gasteiger partial charge in [-0.25, -0.2) is 9.97 Å². The maximum atomic E-state index is 13.1. The molecule has 1 amide bonds. The third-order valence-corrected chi connectivity index (χ3v) is 6.78. The molecule has 0 radical (unpaired) electrons. The van der Waals surface area contributed by atoms with Crippen molar-refractivity contribution in [3.8, 4) is 0 Å². The van der Waals surface area contributed by atoms with Gasteiger partial charge in [-0.3, -0.25) is 14.7 Å². The predicted octanol–water partition coefficient (Wildman–Crippen LogP) is 4.32. The number of nitrogens with one attached hydrogen (secondary N) is 1. The predicted molar refractivity (Wildman–Crippen MR) is 99.2 cm³/mol. The van der Waals surface area contributed by atoms with Crippen LogP contribution in [0.3, 0.4) is 0 Å². The SMILES string of the molecule is CC12CCO[C@@H]1C(CC(=O)Nc1nc3ccc(C(F)(F)F)nc3n1C1CCC1)C2. The molecule has 5 rings (SSSR count). The highest BCUT2D eigenvalue weighted by Crippen LogP contribution is 2.55. The Morgan fingerprint density at radius 2 is 2.14 bits per heavy atom. The topological polar surface area (TPSA) is 69.0 Å². The summed E-state index contributed by atoms with van der Waals surface area (Å²) in [6, 6.07) is 2.26. The highest BCUT2D eigenvalue weighted by molar-refractivity contribution is 5.91. The second-order valence-corrected chi connectivity index (χ2v) is 8.84. The number of nitrogens with zero attached hydrogens (tertiary/aromatic N) is 3. The second-order valence-electron chi connectivity index (χ2n) is 8.84. The van der Waals surface area contributed by atoms with Gasteiger partial charge in [0.25, 0.3) is 0 Å². The van der Waals surface area contributed by atoms with Crippen molar-refractivity contribution in [2.75, 3.05) is 11.9 Å². The minimum Gasteiger partial charge on any atom is -0.377 e. The Hall–Kier alpha value is -2.16. The van der Waals surface area contributed by atoms with E-state index in [9.17, 15) is 18.0 Å². The molecule has 9 heteroatoms. The zero-order chi connectivity index (χ0) is 20.4. The molecule has 156 valence electrons. The fourth-order valence-electron chi connectivity index (χ4n) is 5.04. The molecule has 0 spiro atoms. The molecule has 3 aliphatic rings. The van der Waals surface area contributed by atoms with E-state index in [4.69, 9.17) is 4.74 Å². The van der Waals surface area contributed by atoms with Crippen molar-refractivity contribution in [1.29, 1.82) is 0 Å². The number of hydrogen-bond acceptors (Lipinski definition) is 4. The smallest absolute Gasteiger partial charge is 0.377 e. The van der Waals surface area contributed by atoms with E-state index in [0.29, 0.717) is 11.9 Å². The number of carbonyl (C=O) groups is 1. The Kier molecular flexibility index (Phi) is 4.17. The molecule has 3 fully saturated rings. The highest BCUT2D eigenvalue weighted by Gasteiger charge is 2.54. The van der Waals surface area contributed by atoms with E-state index < -0.39 is 11.9 Å². The van der Waals surface area contributed by atoms with Crippen LogP contribution in [-0.4, -0.2) is 33.2 Å². The average molecular weight is 408 g/mol. The molecule has 3 atom stereocenters. The number of amides is 1. The third-order valence-electron chi connectivity index (χ3n) is 6.78. The molecule has 6 nitrogen and oxygen atoms in total. The van der Waals surface area contributed by atoms with E-state index in [1.54, 1.807) is 4.57 Å². The zero-order valence-corrected chi connectivity index (χ0v) is 16.1. The molecule has 0 aromatic carbocycles. The summed E-state index contributed by atoms with van der Waals surface area (Å²) in [6.07, 6.45) is 0.582. The lowest BCUT2D eigenvalue weighted by Gasteiger charge is -2.47. The van der Waals surface area contributed by atoms with Gasteiger partial charge in [-0.2, -0.15) is 13.2 Å². The summed E-state index contributed by atoms with van der Waals surface area (Å²) in [6.45, 7) is 2.93. The molecule has 1 saturated heterocycles. The van der Waals surface area contributed by atoms with Crippen LogP contribution in [-0.2, 0) is 15.7 Å². The minimum atomic E-state index is -4.52. The first kappa shape index (κ1) is 18.8. The number of aromatic nitrogens is 3. The molecular weight excluding hydrogens is 385 g/mol. The van der Waals surface area contributed by atoms with Crippen molar-refractivity contribution in [2.24, 2.45) is 11.3 Å². The number of halogens is 3. The number of rotatable bonds is 4. The quantitative estimate of drug-likeness (QED) is 0.818. The van der Waals surface area contributed by atoms with Crippen LogP contribution in [0.15, 0.2) is 12.1 Å². The number of alkyl halides is 3. The zero-order valence-electron chi connectivity index (χ0n) is 16.1. The van der Waals surface area contributed by atoms with E-state index in [1.807, 2.05) is 0 Å². The van der Waals surface area contributed by atoms with Gasteiger partial charge in [0.1, 0.15) is 11.2 Å². The van der Waals surface area contributed by atoms with Crippen LogP contribution in [0.4, 0.5) is 19.1 Å². The van der Waals surface area contributed by atoms with Crippen LogP contribution < -0.4 is 5.32 Å². The Balaban J connectivity index is 1.40. The lowest BCUT2D eigenvalue weighted by molar-refractivity contribution is -0.141. The van der Waals surface area contributed by atoms with Gasteiger partial charge in [-0.05, 0) is 55.6 Å². The molecule has 2 unspecified atom stereocenters. The van der Waals surface area contributed by atoms with Crippen LogP contribution in [0.5, 0.6) is 0 Å². The minimum absolute atomic E-state index is 0.0106. The monoisotopic (exact) mass is 408 g/mol. The van der Waals surface area contributed by atoms with Crippen molar-refractivity contribution in [2.45, 2.75) is 63.8 Å². The maximum absolute atomic E-state index is 13.1. The molecule has 1 N–H and O–H groups in total. The second kappa shape index (κ2) is 6.42. The molecule has 29 heavy (non-hydrogen) atoms. The molecule has 2 saturated carbocycles. The Labute approximate surface area is 165 Å². The van der Waals surface area contributed by atoms with Gasteiger partial charge in [0.05, 0.1) is 6.10 Å². The lowest BCUT2D eigenvalue weighted by atomic mass is 9.59. The van der Waals surface area contributed by atoms with Crippen molar-refractivity contribution < 1.29 is 22.7 Å². The van der Waals surface area contributed by atoms with E-state index in [-0.39, 0.29) is 41.0 Å². The van der Waals surface area contributed by atoms with Gasteiger partial charge < -0.3 is 4.74 Å². The maximum Gasteiger partial charge on any atom is 0.433 e. The number of ether oxygens (including phenoxy) is 1. The summed E-state index contributed by atoms with van der Waals surface area (Å²) in [5, 5.41) is 2.83. The van der Waals surface area contributed by atoms with Gasteiger partial charge in [0, 0.05) is 19.1 Å². The molecular formula is C20H23F3N4O2. The molecule has 3 heterocycles. The van der Waals surface area contributed by atoms with Crippen LogP contribution in [0.1, 0.15) is 57.2 Å².